The van der Waals surface area contributed by atoms with Gasteiger partial charge in [-0.2, -0.15) is 0 Å². The zero-order chi connectivity index (χ0) is 18.1. The molecule has 0 saturated heterocycles. The molecule has 2 aromatic carbocycles. The molecule has 0 bridgehead atoms. The van der Waals surface area contributed by atoms with Crippen LogP contribution < -0.4 is 10.4 Å². The lowest BCUT2D eigenvalue weighted by molar-refractivity contribution is 0.112. The van der Waals surface area contributed by atoms with Crippen molar-refractivity contribution in [3.8, 4) is 0 Å². The van der Waals surface area contributed by atoms with Gasteiger partial charge in [-0.3, -0.25) is 0 Å². The van der Waals surface area contributed by atoms with E-state index in [0.717, 1.165) is 19.3 Å². The smallest absolute Gasteiger partial charge is 0.387 e. The van der Waals surface area contributed by atoms with E-state index < -0.39 is 8.56 Å². The van der Waals surface area contributed by atoms with Crippen LogP contribution in [-0.4, -0.2) is 21.3 Å². The fourth-order valence-electron chi connectivity index (χ4n) is 3.01. The van der Waals surface area contributed by atoms with Crippen molar-refractivity contribution >= 4 is 18.9 Å². The molecule has 0 aromatic heterocycles. The van der Waals surface area contributed by atoms with E-state index in [9.17, 15) is 0 Å². The van der Waals surface area contributed by atoms with Crippen LogP contribution in [-0.2, 0) is 8.85 Å². The van der Waals surface area contributed by atoms with Gasteiger partial charge in [-0.1, -0.05) is 94.8 Å². The van der Waals surface area contributed by atoms with Crippen molar-refractivity contribution in [2.24, 2.45) is 5.92 Å². The minimum atomic E-state index is -2.73. The first-order valence-electron chi connectivity index (χ1n) is 9.55. The Balaban J connectivity index is 2.52. The summed E-state index contributed by atoms with van der Waals surface area (Å²) in [6, 6.07) is 21.1. The van der Waals surface area contributed by atoms with Crippen LogP contribution in [0.4, 0.5) is 0 Å². The summed E-state index contributed by atoms with van der Waals surface area (Å²) in [5.41, 5.74) is 0. The van der Waals surface area contributed by atoms with Gasteiger partial charge in [0.1, 0.15) is 0 Å². The summed E-state index contributed by atoms with van der Waals surface area (Å²) in [5, 5.41) is 2.38. The van der Waals surface area contributed by atoms with Gasteiger partial charge >= 0.3 is 8.56 Å². The van der Waals surface area contributed by atoms with Gasteiger partial charge in [-0.25, -0.2) is 0 Å². The van der Waals surface area contributed by atoms with E-state index >= 15 is 0 Å². The maximum atomic E-state index is 6.87. The Kier molecular flexibility index (Phi) is 7.88. The van der Waals surface area contributed by atoms with E-state index in [1.165, 1.54) is 10.4 Å². The van der Waals surface area contributed by atoms with E-state index in [2.05, 4.69) is 88.4 Å². The minimum absolute atomic E-state index is 0.226. The van der Waals surface area contributed by atoms with Crippen LogP contribution in [0.2, 0.25) is 0 Å². The SMILES string of the molecule is CCCC(CC)O[Si](OCC(C)C)(c1ccccc1)c1ccccc1. The van der Waals surface area contributed by atoms with Crippen molar-refractivity contribution in [3.05, 3.63) is 60.7 Å². The molecule has 0 heterocycles. The molecule has 0 spiro atoms. The van der Waals surface area contributed by atoms with Crippen molar-refractivity contribution in [1.82, 2.24) is 0 Å². The third-order valence-corrected chi connectivity index (χ3v) is 7.75. The van der Waals surface area contributed by atoms with Gasteiger partial charge in [0.2, 0.25) is 0 Å². The first kappa shape index (κ1) is 19.9. The average molecular weight is 357 g/mol. The molecular weight excluding hydrogens is 324 g/mol. The predicted octanol–water partition coefficient (Wildman–Crippen LogP) is 4.51. The van der Waals surface area contributed by atoms with E-state index in [1.807, 2.05) is 0 Å². The number of hydrogen-bond donors (Lipinski definition) is 0. The molecule has 0 aliphatic heterocycles. The normalized spacial score (nSPS) is 13.2. The molecule has 0 saturated carbocycles. The average Bonchev–Trinajstić information content (AvgIpc) is 2.65. The molecular formula is C22H32O2Si. The Morgan fingerprint density at radius 3 is 1.76 bits per heavy atom. The maximum Gasteiger partial charge on any atom is 0.407 e. The quantitative estimate of drug-likeness (QED) is 0.583. The molecule has 1 unspecified atom stereocenters. The second-order valence-electron chi connectivity index (χ2n) is 6.99. The van der Waals surface area contributed by atoms with Gasteiger partial charge in [0.25, 0.3) is 0 Å². The molecule has 2 rings (SSSR count). The van der Waals surface area contributed by atoms with Crippen molar-refractivity contribution in [2.45, 2.75) is 53.1 Å². The third-order valence-electron chi connectivity index (χ3n) is 4.33. The maximum absolute atomic E-state index is 6.87. The topological polar surface area (TPSA) is 18.5 Å². The molecule has 3 heteroatoms. The van der Waals surface area contributed by atoms with E-state index in [1.54, 1.807) is 0 Å². The van der Waals surface area contributed by atoms with Crippen molar-refractivity contribution in [1.29, 1.82) is 0 Å². The Labute approximate surface area is 154 Å². The lowest BCUT2D eigenvalue weighted by Gasteiger charge is -2.35. The van der Waals surface area contributed by atoms with Crippen molar-refractivity contribution in [2.75, 3.05) is 6.61 Å². The van der Waals surface area contributed by atoms with Crippen LogP contribution >= 0.6 is 0 Å². The highest BCUT2D eigenvalue weighted by atomic mass is 28.4. The molecule has 136 valence electrons. The number of hydrogen-bond acceptors (Lipinski definition) is 2. The lowest BCUT2D eigenvalue weighted by Crippen LogP contribution is -2.65. The predicted molar refractivity (Wildman–Crippen MR) is 109 cm³/mol. The Morgan fingerprint density at radius 1 is 0.840 bits per heavy atom. The summed E-state index contributed by atoms with van der Waals surface area (Å²) < 4.78 is 13.5. The second kappa shape index (κ2) is 9.90. The molecule has 0 amide bonds. The van der Waals surface area contributed by atoms with Crippen molar-refractivity contribution in [3.63, 3.8) is 0 Å². The first-order valence-corrected chi connectivity index (χ1v) is 11.4. The highest BCUT2D eigenvalue weighted by Crippen LogP contribution is 2.18. The standard InChI is InChI=1S/C22H32O2Si/c1-5-13-20(6-2)24-25(23-18-19(3)4,21-14-9-7-10-15-21)22-16-11-8-12-17-22/h7-12,14-17,19-20H,5-6,13,18H2,1-4H3. The van der Waals surface area contributed by atoms with Crippen LogP contribution in [0.1, 0.15) is 47.0 Å². The van der Waals surface area contributed by atoms with Gasteiger partial charge in [-0.15, -0.1) is 0 Å². The zero-order valence-corrected chi connectivity index (χ0v) is 17.1. The number of rotatable bonds is 10. The largest absolute Gasteiger partial charge is 0.407 e. The summed E-state index contributed by atoms with van der Waals surface area (Å²) in [6.45, 7) is 9.52. The highest BCUT2D eigenvalue weighted by molar-refractivity contribution is 6.92. The summed E-state index contributed by atoms with van der Waals surface area (Å²) >= 11 is 0. The molecule has 1 atom stereocenters. The highest BCUT2D eigenvalue weighted by Gasteiger charge is 2.44. The van der Waals surface area contributed by atoms with Gasteiger partial charge in [0.05, 0.1) is 0 Å². The van der Waals surface area contributed by atoms with Crippen LogP contribution in [0.3, 0.4) is 0 Å². The first-order chi connectivity index (χ1) is 12.1. The molecule has 0 fully saturated rings. The molecule has 0 N–H and O–H groups in total. The monoisotopic (exact) mass is 356 g/mol. The Bertz CT molecular complexity index is 558. The van der Waals surface area contributed by atoms with Crippen molar-refractivity contribution < 1.29 is 8.85 Å². The van der Waals surface area contributed by atoms with E-state index in [0.29, 0.717) is 12.5 Å². The van der Waals surface area contributed by atoms with E-state index in [4.69, 9.17) is 8.85 Å². The minimum Gasteiger partial charge on any atom is -0.387 e. The van der Waals surface area contributed by atoms with Gasteiger partial charge in [0, 0.05) is 12.7 Å². The van der Waals surface area contributed by atoms with Crippen LogP contribution in [0, 0.1) is 5.92 Å². The summed E-state index contributed by atoms with van der Waals surface area (Å²) in [7, 11) is -2.73. The Morgan fingerprint density at radius 2 is 1.36 bits per heavy atom. The van der Waals surface area contributed by atoms with Crippen LogP contribution in [0.25, 0.3) is 0 Å². The number of benzene rings is 2. The summed E-state index contributed by atoms with van der Waals surface area (Å²) in [4.78, 5) is 0. The molecule has 2 aromatic rings. The van der Waals surface area contributed by atoms with Gasteiger partial charge < -0.3 is 8.85 Å². The lowest BCUT2D eigenvalue weighted by atomic mass is 10.2. The zero-order valence-electron chi connectivity index (χ0n) is 16.1. The van der Waals surface area contributed by atoms with Gasteiger partial charge in [-0.05, 0) is 29.1 Å². The van der Waals surface area contributed by atoms with Gasteiger partial charge in [0.15, 0.2) is 0 Å². The van der Waals surface area contributed by atoms with E-state index in [-0.39, 0.29) is 6.10 Å². The molecule has 25 heavy (non-hydrogen) atoms. The molecule has 0 aliphatic carbocycles. The van der Waals surface area contributed by atoms with Crippen LogP contribution in [0.5, 0.6) is 0 Å². The second-order valence-corrected chi connectivity index (χ2v) is 9.90. The Hall–Kier alpha value is -1.42. The third kappa shape index (κ3) is 5.27. The summed E-state index contributed by atoms with van der Waals surface area (Å²) in [6.07, 6.45) is 3.42. The molecule has 0 radical (unpaired) electrons. The fraction of sp³-hybridized carbons (Fsp3) is 0.455. The summed E-state index contributed by atoms with van der Waals surface area (Å²) in [5.74, 6) is 0.467. The van der Waals surface area contributed by atoms with Crippen LogP contribution in [0.15, 0.2) is 60.7 Å². The molecule has 0 aliphatic rings. The molecule has 2 nitrogen and oxygen atoms in total. The fourth-order valence-corrected chi connectivity index (χ4v) is 6.60.